The Morgan fingerprint density at radius 2 is 0.381 bits per heavy atom. The highest BCUT2D eigenvalue weighted by Gasteiger charge is 2.27. The van der Waals surface area contributed by atoms with Gasteiger partial charge >= 0.3 is 0 Å². The fourth-order valence-corrected chi connectivity index (χ4v) is 14.7. The number of benzene rings is 12. The molecule has 19 rings (SSSR count). The second kappa shape index (κ2) is 17.1. The Morgan fingerprint density at radius 3 is 0.655 bits per heavy atom. The molecule has 0 fully saturated rings. The number of hydrogen-bond acceptors (Lipinski definition) is 1. The van der Waals surface area contributed by atoms with Gasteiger partial charge < -0.3 is 18.3 Å². The van der Waals surface area contributed by atoms with E-state index in [1.807, 2.05) is 0 Å². The van der Waals surface area contributed by atoms with Crippen LogP contribution in [0.2, 0.25) is 0 Å². The van der Waals surface area contributed by atoms with E-state index in [2.05, 4.69) is 313 Å². The SMILES string of the molecule is c1ccc2c(c1)c1ccccc1n2-c1cccc2c3ccccc3n(-c3cc(-n4c5ccccc5c5cccc(-n6c7ccccc7c7ccccc76)c54)nc(-n4c5ccccc5c5cccc(-n6c7ccccc7c7ccccc76)c54)c3)c12. The molecule has 7 heterocycles. The van der Waals surface area contributed by atoms with Gasteiger partial charge in [-0.1, -0.05) is 200 Å². The highest BCUT2D eigenvalue weighted by molar-refractivity contribution is 6.19. The smallest absolute Gasteiger partial charge is 0.142 e. The summed E-state index contributed by atoms with van der Waals surface area (Å²) in [5.41, 5.74) is 17.6. The highest BCUT2D eigenvalue weighted by atomic mass is 15.2. The van der Waals surface area contributed by atoms with E-state index in [0.717, 1.165) is 122 Å². The van der Waals surface area contributed by atoms with E-state index < -0.39 is 0 Å². The second-order valence-electron chi connectivity index (χ2n) is 22.2. The van der Waals surface area contributed by atoms with Crippen LogP contribution < -0.4 is 0 Å². The molecule has 0 saturated heterocycles. The van der Waals surface area contributed by atoms with Gasteiger partial charge in [-0.15, -0.1) is 0 Å². The predicted octanol–water partition coefficient (Wildman–Crippen LogP) is 19.7. The summed E-state index contributed by atoms with van der Waals surface area (Å²) in [5.74, 6) is 1.59. The van der Waals surface area contributed by atoms with Crippen molar-refractivity contribution < 1.29 is 0 Å². The molecule has 7 aromatic heterocycles. The molecule has 0 amide bonds. The molecule has 0 aliphatic heterocycles. The van der Waals surface area contributed by atoms with E-state index >= 15 is 0 Å². The average Bonchev–Trinajstić information content (AvgIpc) is 3.61. The number of rotatable bonds is 6. The van der Waals surface area contributed by atoms with Gasteiger partial charge in [-0.05, 0) is 72.8 Å². The largest absolute Gasteiger partial charge is 0.307 e. The lowest BCUT2D eigenvalue weighted by Crippen LogP contribution is -2.09. The summed E-state index contributed by atoms with van der Waals surface area (Å²) in [6.07, 6.45) is 0. The van der Waals surface area contributed by atoms with Gasteiger partial charge in [0, 0.05) is 76.8 Å². The quantitative estimate of drug-likeness (QED) is 0.164. The van der Waals surface area contributed by atoms with Crippen LogP contribution >= 0.6 is 0 Å². The lowest BCUT2D eigenvalue weighted by Gasteiger charge is -2.19. The molecule has 0 radical (unpaired) electrons. The van der Waals surface area contributed by atoms with Crippen LogP contribution in [0.5, 0.6) is 0 Å². The average molecular weight is 1070 g/mol. The minimum absolute atomic E-state index is 0.794. The van der Waals surface area contributed by atoms with E-state index in [9.17, 15) is 0 Å². The van der Waals surface area contributed by atoms with Crippen LogP contribution in [-0.4, -0.2) is 32.4 Å². The van der Waals surface area contributed by atoms with E-state index in [0.29, 0.717) is 0 Å². The third kappa shape index (κ3) is 6.06. The van der Waals surface area contributed by atoms with E-state index in [1.54, 1.807) is 0 Å². The third-order valence-electron chi connectivity index (χ3n) is 18.0. The van der Waals surface area contributed by atoms with Gasteiger partial charge in [0.2, 0.25) is 0 Å². The fourth-order valence-electron chi connectivity index (χ4n) is 14.7. The first-order valence-electron chi connectivity index (χ1n) is 28.8. The first-order valence-corrected chi connectivity index (χ1v) is 28.8. The standard InChI is InChI=1S/C77H47N7/c1-11-35-62-49(22-1)50-23-2-12-36-63(50)80(62)70-43-19-31-58-55-28-7-10-34-61(55)79(75(58)70)48-46-73(83-68-41-17-8-29-56(68)59-32-20-44-71(76(59)83)81-64-37-13-3-24-51(64)52-25-4-14-38-65(52)81)78-74(47-48)84-69-42-18-9-30-57(69)60-33-21-45-72(77(60)84)82-66-39-15-5-26-53(66)54-27-6-16-40-67(54)82/h1-47H. The van der Waals surface area contributed by atoms with Crippen molar-refractivity contribution >= 4 is 131 Å². The van der Waals surface area contributed by atoms with Crippen molar-refractivity contribution in [2.75, 3.05) is 0 Å². The van der Waals surface area contributed by atoms with E-state index in [1.165, 1.54) is 43.1 Å². The zero-order valence-electron chi connectivity index (χ0n) is 45.3. The summed E-state index contributed by atoms with van der Waals surface area (Å²) >= 11 is 0. The van der Waals surface area contributed by atoms with Gasteiger partial charge in [-0.2, -0.15) is 0 Å². The van der Waals surface area contributed by atoms with Crippen molar-refractivity contribution in [2.45, 2.75) is 0 Å². The van der Waals surface area contributed by atoms with Gasteiger partial charge in [-0.3, -0.25) is 9.13 Å². The van der Waals surface area contributed by atoms with E-state index in [-0.39, 0.29) is 0 Å². The van der Waals surface area contributed by atoms with Crippen molar-refractivity contribution in [2.24, 2.45) is 0 Å². The number of fused-ring (bicyclic) bond motifs is 18. The maximum absolute atomic E-state index is 6.13. The molecule has 0 aliphatic rings. The molecular formula is C77H47N7. The van der Waals surface area contributed by atoms with Gasteiger partial charge in [0.05, 0.1) is 88.9 Å². The van der Waals surface area contributed by atoms with Crippen molar-refractivity contribution in [1.29, 1.82) is 0 Å². The Hall–Kier alpha value is -11.4. The van der Waals surface area contributed by atoms with Crippen molar-refractivity contribution in [1.82, 2.24) is 32.4 Å². The second-order valence-corrected chi connectivity index (χ2v) is 22.2. The van der Waals surface area contributed by atoms with Gasteiger partial charge in [0.15, 0.2) is 0 Å². The number of nitrogens with zero attached hydrogens (tertiary/aromatic N) is 7. The van der Waals surface area contributed by atoms with Crippen molar-refractivity contribution in [3.8, 4) is 34.4 Å². The number of aromatic nitrogens is 7. The van der Waals surface area contributed by atoms with Crippen molar-refractivity contribution in [3.05, 3.63) is 285 Å². The zero-order chi connectivity index (χ0) is 54.7. The summed E-state index contributed by atoms with van der Waals surface area (Å²) in [6.45, 7) is 0. The van der Waals surface area contributed by atoms with Crippen LogP contribution in [0, 0.1) is 0 Å². The van der Waals surface area contributed by atoms with Crippen LogP contribution in [-0.2, 0) is 0 Å². The molecule has 0 spiro atoms. The fraction of sp³-hybridized carbons (Fsp3) is 0. The summed E-state index contributed by atoms with van der Waals surface area (Å²) < 4.78 is 14.8. The minimum atomic E-state index is 0.794. The normalized spacial score (nSPS) is 12.3. The molecular weight excluding hydrogens is 1020 g/mol. The van der Waals surface area contributed by atoms with Crippen molar-refractivity contribution in [3.63, 3.8) is 0 Å². The predicted molar refractivity (Wildman–Crippen MR) is 350 cm³/mol. The summed E-state index contributed by atoms with van der Waals surface area (Å²) in [4.78, 5) is 6.13. The number of pyridine rings is 1. The first kappa shape index (κ1) is 45.3. The van der Waals surface area contributed by atoms with Crippen LogP contribution in [0.15, 0.2) is 285 Å². The monoisotopic (exact) mass is 1070 g/mol. The highest BCUT2D eigenvalue weighted by Crippen LogP contribution is 2.45. The molecule has 0 unspecified atom stereocenters. The molecule has 0 saturated carbocycles. The first-order chi connectivity index (χ1) is 41.7. The van der Waals surface area contributed by atoms with Crippen LogP contribution in [0.3, 0.4) is 0 Å². The van der Waals surface area contributed by atoms with Crippen LogP contribution in [0.25, 0.3) is 165 Å². The molecule has 390 valence electrons. The van der Waals surface area contributed by atoms with E-state index in [4.69, 9.17) is 4.98 Å². The number of hydrogen-bond donors (Lipinski definition) is 0. The maximum atomic E-state index is 6.13. The Labute approximate surface area is 480 Å². The minimum Gasteiger partial charge on any atom is -0.307 e. The molecule has 84 heavy (non-hydrogen) atoms. The lowest BCUT2D eigenvalue weighted by atomic mass is 10.1. The Kier molecular flexibility index (Phi) is 9.21. The summed E-state index contributed by atoms with van der Waals surface area (Å²) in [7, 11) is 0. The summed E-state index contributed by atoms with van der Waals surface area (Å²) in [5, 5.41) is 14.2. The molecule has 7 nitrogen and oxygen atoms in total. The topological polar surface area (TPSA) is 42.5 Å². The molecule has 12 aromatic carbocycles. The molecule has 0 N–H and O–H groups in total. The third-order valence-corrected chi connectivity index (χ3v) is 18.0. The van der Waals surface area contributed by atoms with Gasteiger partial charge in [-0.25, -0.2) is 4.98 Å². The summed E-state index contributed by atoms with van der Waals surface area (Å²) in [6, 6.07) is 105. The zero-order valence-corrected chi connectivity index (χ0v) is 45.3. The Balaban J connectivity index is 0.999. The number of para-hydroxylation sites is 12. The molecule has 0 aliphatic carbocycles. The van der Waals surface area contributed by atoms with Gasteiger partial charge in [0.25, 0.3) is 0 Å². The van der Waals surface area contributed by atoms with Gasteiger partial charge in [0.1, 0.15) is 11.6 Å². The molecule has 19 aromatic rings. The Morgan fingerprint density at radius 1 is 0.179 bits per heavy atom. The molecule has 0 atom stereocenters. The van der Waals surface area contributed by atoms with Crippen LogP contribution in [0.4, 0.5) is 0 Å². The molecule has 0 bridgehead atoms. The lowest BCUT2D eigenvalue weighted by molar-refractivity contribution is 0.989. The molecule has 7 heteroatoms. The van der Waals surface area contributed by atoms with Crippen LogP contribution in [0.1, 0.15) is 0 Å². The Bertz CT molecular complexity index is 5250. The maximum Gasteiger partial charge on any atom is 0.142 e.